The van der Waals surface area contributed by atoms with Crippen molar-refractivity contribution in [1.29, 1.82) is 0 Å². The van der Waals surface area contributed by atoms with Gasteiger partial charge in [0.1, 0.15) is 18.0 Å². The molecule has 0 radical (unpaired) electrons. The first-order valence-electron chi connectivity index (χ1n) is 10.9. The van der Waals surface area contributed by atoms with Crippen molar-refractivity contribution in [2.75, 3.05) is 40.3 Å². The van der Waals surface area contributed by atoms with Gasteiger partial charge in [0.25, 0.3) is 0 Å². The molecule has 0 amide bonds. The topological polar surface area (TPSA) is 71.2 Å². The summed E-state index contributed by atoms with van der Waals surface area (Å²) in [5.41, 5.74) is 2.96. The van der Waals surface area contributed by atoms with Gasteiger partial charge in [0, 0.05) is 48.4 Å². The Bertz CT molecular complexity index is 1240. The predicted octanol–water partition coefficient (Wildman–Crippen LogP) is 1.21. The number of aromatic nitrogens is 1. The number of nitrogens with zero attached hydrogens (tertiary/aromatic N) is 2. The Labute approximate surface area is 187 Å². The number of allylic oxidation sites excluding steroid dienone is 1. The Kier molecular flexibility index (Phi) is 5.15. The van der Waals surface area contributed by atoms with Gasteiger partial charge in [-0.05, 0) is 37.4 Å². The molecule has 0 spiro atoms. The van der Waals surface area contributed by atoms with Crippen molar-refractivity contribution in [3.05, 3.63) is 59.0 Å². The number of hydrogen-bond acceptors (Lipinski definition) is 5. The van der Waals surface area contributed by atoms with E-state index < -0.39 is 0 Å². The van der Waals surface area contributed by atoms with Crippen LogP contribution in [0.1, 0.15) is 21.5 Å². The Morgan fingerprint density at radius 2 is 1.97 bits per heavy atom. The number of aryl methyl sites for hydroxylation is 1. The lowest BCUT2D eigenvalue weighted by Gasteiger charge is -2.30. The smallest absolute Gasteiger partial charge is 0.231 e. The summed E-state index contributed by atoms with van der Waals surface area (Å²) in [7, 11) is 5.70. The maximum absolute atomic E-state index is 13.1. The highest BCUT2D eigenvalue weighted by Gasteiger charge is 2.31. The highest BCUT2D eigenvalue weighted by atomic mass is 16.5. The maximum atomic E-state index is 13.1. The number of ketones is 1. The van der Waals surface area contributed by atoms with Crippen LogP contribution in [0.3, 0.4) is 0 Å². The number of hydrogen-bond donors (Lipinski definition) is 1. The molecule has 0 atom stereocenters. The molecule has 3 aromatic rings. The lowest BCUT2D eigenvalue weighted by molar-refractivity contribution is -0.918. The number of nitrogens with one attached hydrogen (secondary N) is 1. The maximum Gasteiger partial charge on any atom is 0.231 e. The van der Waals surface area contributed by atoms with E-state index in [0.717, 1.165) is 48.4 Å². The van der Waals surface area contributed by atoms with Crippen LogP contribution in [-0.4, -0.2) is 55.6 Å². The fraction of sp³-hybridized carbons (Fsp3) is 0.320. The molecule has 2 aromatic carbocycles. The van der Waals surface area contributed by atoms with Gasteiger partial charge in [0.05, 0.1) is 25.8 Å². The van der Waals surface area contributed by atoms with Gasteiger partial charge in [-0.15, -0.1) is 0 Å². The van der Waals surface area contributed by atoms with E-state index in [1.54, 1.807) is 19.3 Å². The molecule has 0 aliphatic carbocycles. The van der Waals surface area contributed by atoms with Crippen molar-refractivity contribution in [2.24, 2.45) is 7.05 Å². The summed E-state index contributed by atoms with van der Waals surface area (Å²) in [6, 6.07) is 8.94. The molecule has 2 aliphatic rings. The minimum atomic E-state index is -0.186. The van der Waals surface area contributed by atoms with Crippen molar-refractivity contribution in [1.82, 2.24) is 9.47 Å². The van der Waals surface area contributed by atoms with Crippen LogP contribution in [0.2, 0.25) is 0 Å². The molecule has 7 nitrogen and oxygen atoms in total. The third-order valence-electron chi connectivity index (χ3n) is 6.53. The highest BCUT2D eigenvalue weighted by molar-refractivity contribution is 6.15. The fourth-order valence-corrected chi connectivity index (χ4v) is 4.60. The second-order valence-corrected chi connectivity index (χ2v) is 8.67. The molecule has 1 saturated heterocycles. The fourth-order valence-electron chi connectivity index (χ4n) is 4.60. The number of Topliss-reactive ketones (excluding diaryl/α,β-unsaturated/α-hetero) is 1. The predicted molar refractivity (Wildman–Crippen MR) is 120 cm³/mol. The molecule has 5 rings (SSSR count). The zero-order chi connectivity index (χ0) is 22.4. The van der Waals surface area contributed by atoms with Crippen LogP contribution in [0.25, 0.3) is 17.0 Å². The minimum absolute atomic E-state index is 0.0703. The number of benzene rings is 2. The molecular weight excluding hydrogens is 406 g/mol. The van der Waals surface area contributed by atoms with E-state index in [2.05, 4.69) is 11.9 Å². The molecular formula is C25H27N3O4. The monoisotopic (exact) mass is 433 g/mol. The first-order valence-corrected chi connectivity index (χ1v) is 10.9. The zero-order valence-electron chi connectivity index (χ0n) is 18.6. The highest BCUT2D eigenvalue weighted by Crippen LogP contribution is 2.39. The van der Waals surface area contributed by atoms with Gasteiger partial charge in [-0.1, -0.05) is 11.8 Å². The number of ether oxygens (including phenoxy) is 2. The molecule has 3 heterocycles. The van der Waals surface area contributed by atoms with Crippen molar-refractivity contribution in [2.45, 2.75) is 6.54 Å². The molecule has 166 valence electrons. The number of carbonyl (C=O) groups excluding carboxylic acids is 1. The second kappa shape index (κ2) is 8.00. The second-order valence-electron chi connectivity index (χ2n) is 8.67. The summed E-state index contributed by atoms with van der Waals surface area (Å²) in [6.45, 7) is 4.49. The van der Waals surface area contributed by atoms with Gasteiger partial charge >= 0.3 is 0 Å². The summed E-state index contributed by atoms with van der Waals surface area (Å²) in [5.74, 6) is 1.17. The number of fused-ring (bicyclic) bond motifs is 2. The van der Waals surface area contributed by atoms with Crippen molar-refractivity contribution < 1.29 is 24.3 Å². The standard InChI is InChI=1S/C25H27N3O4/c1-26-8-10-28(11-9-26)15-20-22(29)7-5-18-24(30)23(32-25(18)20)12-16-14-27(2)21-6-4-17(31-3)13-19(16)21/h4-7,12-14,29H,8-11,15H2,1-3H3/b23-12+. The summed E-state index contributed by atoms with van der Waals surface area (Å²) >= 11 is 0. The van der Waals surface area contributed by atoms with E-state index in [1.807, 2.05) is 36.0 Å². The first kappa shape index (κ1) is 20.6. The summed E-state index contributed by atoms with van der Waals surface area (Å²) in [4.78, 5) is 16.8. The van der Waals surface area contributed by atoms with Gasteiger partial charge < -0.3 is 24.0 Å². The van der Waals surface area contributed by atoms with Crippen LogP contribution in [0.5, 0.6) is 17.2 Å². The van der Waals surface area contributed by atoms with Crippen LogP contribution in [0.4, 0.5) is 0 Å². The number of likely N-dealkylation sites (N-methyl/N-ethyl adjacent to an activating group) is 1. The van der Waals surface area contributed by atoms with Crippen LogP contribution in [0, 0.1) is 0 Å². The Balaban J connectivity index is 1.49. The van der Waals surface area contributed by atoms with E-state index in [4.69, 9.17) is 9.47 Å². The lowest BCUT2D eigenvalue weighted by atomic mass is 10.0. The largest absolute Gasteiger partial charge is 0.872 e. The van der Waals surface area contributed by atoms with Crippen molar-refractivity contribution in [3.63, 3.8) is 0 Å². The number of carbonyl (C=O) groups is 1. The molecule has 32 heavy (non-hydrogen) atoms. The SMILES string of the molecule is COc1ccc2c(c1)c(/C=C1/Oc3c(ccc([O-])c3C[NH+]3CCN(C)CC3)C1=O)cn2C. The Hall–Kier alpha value is -3.29. The van der Waals surface area contributed by atoms with Gasteiger partial charge in [-0.3, -0.25) is 9.69 Å². The van der Waals surface area contributed by atoms with Crippen molar-refractivity contribution in [3.8, 4) is 17.2 Å². The molecule has 0 unspecified atom stereocenters. The minimum Gasteiger partial charge on any atom is -0.872 e. The zero-order valence-corrected chi connectivity index (χ0v) is 18.6. The van der Waals surface area contributed by atoms with Crippen LogP contribution >= 0.6 is 0 Å². The quantitative estimate of drug-likeness (QED) is 0.627. The van der Waals surface area contributed by atoms with E-state index in [0.29, 0.717) is 23.4 Å². The Morgan fingerprint density at radius 1 is 1.19 bits per heavy atom. The average Bonchev–Trinajstić information content (AvgIpc) is 3.28. The summed E-state index contributed by atoms with van der Waals surface area (Å²) < 4.78 is 13.4. The summed E-state index contributed by atoms with van der Waals surface area (Å²) in [6.07, 6.45) is 3.73. The Morgan fingerprint density at radius 3 is 2.72 bits per heavy atom. The third-order valence-corrected chi connectivity index (χ3v) is 6.53. The number of rotatable bonds is 4. The van der Waals surface area contributed by atoms with E-state index in [9.17, 15) is 9.90 Å². The molecule has 0 bridgehead atoms. The molecule has 7 heteroatoms. The van der Waals surface area contributed by atoms with Crippen molar-refractivity contribution >= 4 is 22.8 Å². The van der Waals surface area contributed by atoms with Crippen LogP contribution < -0.4 is 19.5 Å². The van der Waals surface area contributed by atoms with Gasteiger partial charge in [0.2, 0.25) is 5.78 Å². The molecule has 1 N–H and O–H groups in total. The average molecular weight is 434 g/mol. The third kappa shape index (κ3) is 3.53. The normalized spacial score (nSPS) is 18.3. The van der Waals surface area contributed by atoms with E-state index >= 15 is 0 Å². The number of methoxy groups -OCH3 is 1. The number of piperazine rings is 1. The van der Waals surface area contributed by atoms with Gasteiger partial charge in [-0.2, -0.15) is 0 Å². The molecule has 2 aliphatic heterocycles. The molecule has 1 fully saturated rings. The van der Waals surface area contributed by atoms with Gasteiger partial charge in [0.15, 0.2) is 5.76 Å². The molecule has 1 aromatic heterocycles. The van der Waals surface area contributed by atoms with Crippen LogP contribution in [-0.2, 0) is 13.6 Å². The van der Waals surface area contributed by atoms with E-state index in [1.165, 1.54) is 11.0 Å². The first-order chi connectivity index (χ1) is 15.4. The number of quaternary nitrogens is 1. The summed E-state index contributed by atoms with van der Waals surface area (Å²) in [5, 5.41) is 13.7. The van der Waals surface area contributed by atoms with Gasteiger partial charge in [-0.25, -0.2) is 0 Å². The lowest BCUT2D eigenvalue weighted by Crippen LogP contribution is -3.13. The van der Waals surface area contributed by atoms with E-state index in [-0.39, 0.29) is 17.3 Å². The molecule has 0 saturated carbocycles. The van der Waals surface area contributed by atoms with Crippen LogP contribution in [0.15, 0.2) is 42.3 Å².